The molecule has 0 atom stereocenters. The van der Waals surface area contributed by atoms with Crippen molar-refractivity contribution in [3.63, 3.8) is 0 Å². The summed E-state index contributed by atoms with van der Waals surface area (Å²) in [5, 5.41) is 3.11. The number of carbonyl (C=O) groups excluding carboxylic acids is 1. The van der Waals surface area contributed by atoms with Gasteiger partial charge in [0.05, 0.1) is 11.7 Å². The van der Waals surface area contributed by atoms with Gasteiger partial charge in [-0.2, -0.15) is 4.31 Å². The van der Waals surface area contributed by atoms with Crippen LogP contribution in [-0.4, -0.2) is 82.3 Å². The van der Waals surface area contributed by atoms with Crippen LogP contribution in [0.2, 0.25) is 0 Å². The maximum atomic E-state index is 13.1. The lowest BCUT2D eigenvalue weighted by Gasteiger charge is -2.37. The maximum Gasteiger partial charge on any atom is 0.230 e. The van der Waals surface area contributed by atoms with E-state index in [0.717, 1.165) is 12.1 Å². The van der Waals surface area contributed by atoms with Crippen LogP contribution >= 0.6 is 0 Å². The molecule has 1 amide bonds. The Morgan fingerprint density at radius 2 is 1.74 bits per heavy atom. The molecule has 2 saturated heterocycles. The van der Waals surface area contributed by atoms with Crippen LogP contribution in [-0.2, 0) is 25.0 Å². The molecule has 8 heteroatoms. The predicted octanol–water partition coefficient (Wildman–Crippen LogP) is 0.428. The van der Waals surface area contributed by atoms with Crippen LogP contribution in [0.3, 0.4) is 0 Å². The minimum atomic E-state index is -3.11. The van der Waals surface area contributed by atoms with Gasteiger partial charge in [-0.1, -0.05) is 30.3 Å². The third kappa shape index (κ3) is 4.87. The number of piperazine rings is 1. The van der Waals surface area contributed by atoms with E-state index in [1.165, 1.54) is 10.6 Å². The number of amides is 1. The van der Waals surface area contributed by atoms with E-state index in [1.54, 1.807) is 0 Å². The Balaban J connectivity index is 1.53. The molecule has 3 rings (SSSR count). The van der Waals surface area contributed by atoms with Crippen LogP contribution in [0.4, 0.5) is 0 Å². The van der Waals surface area contributed by atoms with Crippen LogP contribution < -0.4 is 5.32 Å². The fourth-order valence-corrected chi connectivity index (χ4v) is 4.73. The predicted molar refractivity (Wildman–Crippen MR) is 104 cm³/mol. The highest BCUT2D eigenvalue weighted by molar-refractivity contribution is 7.88. The summed E-state index contributed by atoms with van der Waals surface area (Å²) in [5.74, 6) is 0.0618. The van der Waals surface area contributed by atoms with Crippen molar-refractivity contribution in [2.24, 2.45) is 0 Å². The monoisotopic (exact) mass is 395 g/mol. The number of nitrogens with zero attached hydrogens (tertiary/aromatic N) is 2. The summed E-state index contributed by atoms with van der Waals surface area (Å²) in [6, 6.07) is 9.96. The SMILES string of the molecule is CS(=O)(=O)N1CCN(CCNC(=O)C2(c3ccccc3)CCOCC2)CC1. The molecule has 2 heterocycles. The van der Waals surface area contributed by atoms with E-state index < -0.39 is 15.4 Å². The molecular weight excluding hydrogens is 366 g/mol. The maximum absolute atomic E-state index is 13.1. The van der Waals surface area contributed by atoms with Gasteiger partial charge < -0.3 is 10.1 Å². The first-order valence-corrected chi connectivity index (χ1v) is 11.4. The molecular formula is C19H29N3O4S. The molecule has 1 aromatic carbocycles. The molecule has 2 fully saturated rings. The second kappa shape index (κ2) is 8.68. The van der Waals surface area contributed by atoms with Gasteiger partial charge in [0.2, 0.25) is 15.9 Å². The van der Waals surface area contributed by atoms with E-state index in [9.17, 15) is 13.2 Å². The van der Waals surface area contributed by atoms with Crippen LogP contribution in [0, 0.1) is 0 Å². The number of nitrogens with one attached hydrogen (secondary N) is 1. The molecule has 0 bridgehead atoms. The third-order valence-electron chi connectivity index (χ3n) is 5.62. The number of ether oxygens (including phenoxy) is 1. The number of hydrogen-bond donors (Lipinski definition) is 1. The Bertz CT molecular complexity index is 725. The van der Waals surface area contributed by atoms with Crippen molar-refractivity contribution in [2.75, 3.05) is 58.7 Å². The first-order valence-electron chi connectivity index (χ1n) is 9.51. The topological polar surface area (TPSA) is 79.0 Å². The quantitative estimate of drug-likeness (QED) is 0.756. The van der Waals surface area contributed by atoms with Crippen LogP contribution in [0.25, 0.3) is 0 Å². The van der Waals surface area contributed by atoms with E-state index in [1.807, 2.05) is 30.3 Å². The van der Waals surface area contributed by atoms with Crippen molar-refractivity contribution in [3.8, 4) is 0 Å². The summed E-state index contributed by atoms with van der Waals surface area (Å²) < 4.78 is 30.2. The zero-order chi connectivity index (χ0) is 19.3. The van der Waals surface area contributed by atoms with Crippen molar-refractivity contribution in [3.05, 3.63) is 35.9 Å². The number of carbonyl (C=O) groups is 1. The second-order valence-corrected chi connectivity index (χ2v) is 9.30. The number of hydrogen-bond acceptors (Lipinski definition) is 5. The van der Waals surface area contributed by atoms with E-state index in [-0.39, 0.29) is 5.91 Å². The minimum Gasteiger partial charge on any atom is -0.381 e. The standard InChI is InChI=1S/C19H29N3O4S/c1-27(24,25)22-13-11-21(12-14-22)10-9-20-18(23)19(7-15-26-16-8-19)17-5-3-2-4-6-17/h2-6H,7-16H2,1H3,(H,20,23). The highest BCUT2D eigenvalue weighted by atomic mass is 32.2. The molecule has 0 spiro atoms. The largest absolute Gasteiger partial charge is 0.381 e. The Morgan fingerprint density at radius 1 is 1.11 bits per heavy atom. The Hall–Kier alpha value is -1.48. The average molecular weight is 396 g/mol. The molecule has 150 valence electrons. The molecule has 0 radical (unpaired) electrons. The lowest BCUT2D eigenvalue weighted by molar-refractivity contribution is -0.130. The summed E-state index contributed by atoms with van der Waals surface area (Å²) in [6.07, 6.45) is 2.63. The van der Waals surface area contributed by atoms with Gasteiger partial charge in [0.25, 0.3) is 0 Å². The molecule has 0 aliphatic carbocycles. The summed E-state index contributed by atoms with van der Waals surface area (Å²) in [7, 11) is -3.11. The third-order valence-corrected chi connectivity index (χ3v) is 6.92. The van der Waals surface area contributed by atoms with Crippen LogP contribution in [0.1, 0.15) is 18.4 Å². The molecule has 0 aromatic heterocycles. The lowest BCUT2D eigenvalue weighted by atomic mass is 9.73. The number of sulfonamides is 1. The summed E-state index contributed by atoms with van der Waals surface area (Å²) in [4.78, 5) is 15.3. The van der Waals surface area contributed by atoms with Gasteiger partial charge in [0.15, 0.2) is 0 Å². The molecule has 7 nitrogen and oxygen atoms in total. The normalized spacial score (nSPS) is 21.7. The minimum absolute atomic E-state index is 0.0618. The molecule has 2 aliphatic heterocycles. The smallest absolute Gasteiger partial charge is 0.230 e. The molecule has 0 saturated carbocycles. The Kier molecular flexibility index (Phi) is 6.52. The molecule has 1 aromatic rings. The van der Waals surface area contributed by atoms with Crippen LogP contribution in [0.15, 0.2) is 30.3 Å². The van der Waals surface area contributed by atoms with Gasteiger partial charge in [-0.3, -0.25) is 9.69 Å². The van der Waals surface area contributed by atoms with E-state index in [0.29, 0.717) is 58.8 Å². The van der Waals surface area contributed by atoms with Gasteiger partial charge in [0, 0.05) is 52.5 Å². The number of rotatable bonds is 6. The Morgan fingerprint density at radius 3 is 2.33 bits per heavy atom. The second-order valence-electron chi connectivity index (χ2n) is 7.32. The van der Waals surface area contributed by atoms with E-state index >= 15 is 0 Å². The van der Waals surface area contributed by atoms with E-state index in [4.69, 9.17) is 4.74 Å². The fourth-order valence-electron chi connectivity index (χ4n) is 3.91. The summed E-state index contributed by atoms with van der Waals surface area (Å²) >= 11 is 0. The average Bonchev–Trinajstić information content (AvgIpc) is 2.69. The molecule has 27 heavy (non-hydrogen) atoms. The van der Waals surface area contributed by atoms with Gasteiger partial charge in [0.1, 0.15) is 0 Å². The molecule has 2 aliphatic rings. The van der Waals surface area contributed by atoms with Gasteiger partial charge in [-0.15, -0.1) is 0 Å². The highest BCUT2D eigenvalue weighted by Gasteiger charge is 2.41. The van der Waals surface area contributed by atoms with Crippen molar-refractivity contribution >= 4 is 15.9 Å². The molecule has 0 unspecified atom stereocenters. The van der Waals surface area contributed by atoms with Crippen LogP contribution in [0.5, 0.6) is 0 Å². The van der Waals surface area contributed by atoms with E-state index in [2.05, 4.69) is 10.2 Å². The van der Waals surface area contributed by atoms with Gasteiger partial charge in [-0.25, -0.2) is 8.42 Å². The first kappa shape index (κ1) is 20.3. The molecule has 1 N–H and O–H groups in total. The Labute approximate surface area is 161 Å². The summed E-state index contributed by atoms with van der Waals surface area (Å²) in [6.45, 7) is 4.89. The summed E-state index contributed by atoms with van der Waals surface area (Å²) in [5.41, 5.74) is 0.529. The highest BCUT2D eigenvalue weighted by Crippen LogP contribution is 2.35. The van der Waals surface area contributed by atoms with Crippen molar-refractivity contribution in [2.45, 2.75) is 18.3 Å². The zero-order valence-electron chi connectivity index (χ0n) is 15.9. The number of benzene rings is 1. The van der Waals surface area contributed by atoms with Gasteiger partial charge >= 0.3 is 0 Å². The van der Waals surface area contributed by atoms with Crippen molar-refractivity contribution in [1.82, 2.24) is 14.5 Å². The zero-order valence-corrected chi connectivity index (χ0v) is 16.7. The van der Waals surface area contributed by atoms with Gasteiger partial charge in [-0.05, 0) is 18.4 Å². The first-order chi connectivity index (χ1) is 12.9. The fraction of sp³-hybridized carbons (Fsp3) is 0.632. The van der Waals surface area contributed by atoms with Crippen molar-refractivity contribution in [1.29, 1.82) is 0 Å². The van der Waals surface area contributed by atoms with Crippen molar-refractivity contribution < 1.29 is 17.9 Å². The lowest BCUT2D eigenvalue weighted by Crippen LogP contribution is -2.52.